The first-order valence-electron chi connectivity index (χ1n) is 10.1. The molecule has 2 aromatic carbocycles. The Hall–Kier alpha value is -2.71. The molecule has 2 N–H and O–H groups in total. The highest BCUT2D eigenvalue weighted by Crippen LogP contribution is 2.37. The fourth-order valence-corrected chi connectivity index (χ4v) is 4.65. The summed E-state index contributed by atoms with van der Waals surface area (Å²) in [5, 5.41) is 2.75. The van der Waals surface area contributed by atoms with Gasteiger partial charge in [-0.1, -0.05) is 17.7 Å². The molecule has 0 spiro atoms. The maximum absolute atomic E-state index is 12.6. The Bertz CT molecular complexity index is 1080. The van der Waals surface area contributed by atoms with Crippen LogP contribution < -0.4 is 14.9 Å². The third-order valence-corrected chi connectivity index (χ3v) is 6.89. The molecule has 1 aliphatic carbocycles. The smallest absolute Gasteiger partial charge is 0.240 e. The second kappa shape index (κ2) is 8.20. The van der Waals surface area contributed by atoms with Crippen LogP contribution in [-0.4, -0.2) is 33.3 Å². The normalized spacial score (nSPS) is 15.7. The summed E-state index contributed by atoms with van der Waals surface area (Å²) in [5.41, 5.74) is 3.44. The van der Waals surface area contributed by atoms with E-state index in [0.29, 0.717) is 18.7 Å². The zero-order chi connectivity index (χ0) is 21.3. The highest BCUT2D eigenvalue weighted by molar-refractivity contribution is 7.89. The lowest BCUT2D eigenvalue weighted by Gasteiger charge is -2.17. The molecule has 2 amide bonds. The van der Waals surface area contributed by atoms with Gasteiger partial charge in [0.05, 0.1) is 4.90 Å². The lowest BCUT2D eigenvalue weighted by atomic mass is 10.2. The maximum atomic E-state index is 12.6. The third kappa shape index (κ3) is 4.55. The van der Waals surface area contributed by atoms with Crippen LogP contribution >= 0.6 is 0 Å². The van der Waals surface area contributed by atoms with Crippen molar-refractivity contribution in [1.82, 2.24) is 4.72 Å². The van der Waals surface area contributed by atoms with Gasteiger partial charge in [0.25, 0.3) is 0 Å². The Morgan fingerprint density at radius 3 is 2.53 bits per heavy atom. The van der Waals surface area contributed by atoms with E-state index in [1.807, 2.05) is 19.1 Å². The standard InChI is InChI=1S/C22H25N3O4S/c1-15-2-6-18(7-3-15)24-21(26)10-12-23-30(28,29)19-8-9-20-17(14-19)11-13-25(20)22(27)16-4-5-16/h2-3,6-9,14,16,23H,4-5,10-13H2,1H3,(H,24,26). The number of nitrogens with zero attached hydrogens (tertiary/aromatic N) is 1. The molecule has 0 bridgehead atoms. The summed E-state index contributed by atoms with van der Waals surface area (Å²) in [6.45, 7) is 2.56. The van der Waals surface area contributed by atoms with Gasteiger partial charge in [0.1, 0.15) is 0 Å². The second-order valence-corrected chi connectivity index (χ2v) is 9.63. The first-order chi connectivity index (χ1) is 14.3. The molecule has 2 aromatic rings. The van der Waals surface area contributed by atoms with Gasteiger partial charge in [-0.2, -0.15) is 0 Å². The monoisotopic (exact) mass is 427 g/mol. The van der Waals surface area contributed by atoms with Crippen LogP contribution in [0.25, 0.3) is 0 Å². The lowest BCUT2D eigenvalue weighted by Crippen LogP contribution is -2.30. The van der Waals surface area contributed by atoms with Crippen molar-refractivity contribution in [2.75, 3.05) is 23.3 Å². The number of hydrogen-bond acceptors (Lipinski definition) is 4. The topological polar surface area (TPSA) is 95.6 Å². The van der Waals surface area contributed by atoms with Crippen LogP contribution in [0.2, 0.25) is 0 Å². The van der Waals surface area contributed by atoms with Crippen molar-refractivity contribution in [3.63, 3.8) is 0 Å². The molecule has 4 rings (SSSR count). The van der Waals surface area contributed by atoms with Crippen molar-refractivity contribution in [2.24, 2.45) is 5.92 Å². The van der Waals surface area contributed by atoms with Gasteiger partial charge in [-0.25, -0.2) is 13.1 Å². The van der Waals surface area contributed by atoms with E-state index >= 15 is 0 Å². The summed E-state index contributed by atoms with van der Waals surface area (Å²) < 4.78 is 27.7. The molecule has 1 fully saturated rings. The zero-order valence-corrected chi connectivity index (χ0v) is 17.7. The number of hydrogen-bond donors (Lipinski definition) is 2. The van der Waals surface area contributed by atoms with Crippen molar-refractivity contribution < 1.29 is 18.0 Å². The average molecular weight is 428 g/mol. The van der Waals surface area contributed by atoms with Crippen molar-refractivity contribution in [2.45, 2.75) is 37.5 Å². The van der Waals surface area contributed by atoms with E-state index in [1.54, 1.807) is 29.2 Å². The van der Waals surface area contributed by atoms with Crippen molar-refractivity contribution in [1.29, 1.82) is 0 Å². The van der Waals surface area contributed by atoms with Crippen LogP contribution in [0.1, 0.15) is 30.4 Å². The highest BCUT2D eigenvalue weighted by atomic mass is 32.2. The van der Waals surface area contributed by atoms with Gasteiger partial charge >= 0.3 is 0 Å². The minimum atomic E-state index is -3.73. The highest BCUT2D eigenvalue weighted by Gasteiger charge is 2.36. The molecule has 2 aliphatic rings. The van der Waals surface area contributed by atoms with Crippen LogP contribution in [-0.2, 0) is 26.0 Å². The van der Waals surface area contributed by atoms with E-state index in [1.165, 1.54) is 6.07 Å². The van der Waals surface area contributed by atoms with Gasteiger partial charge < -0.3 is 10.2 Å². The molecule has 1 aliphatic heterocycles. The Kier molecular flexibility index (Phi) is 5.62. The molecule has 8 heteroatoms. The molecular weight excluding hydrogens is 402 g/mol. The van der Waals surface area contributed by atoms with Crippen LogP contribution in [0, 0.1) is 12.8 Å². The second-order valence-electron chi connectivity index (χ2n) is 7.87. The summed E-state index contributed by atoms with van der Waals surface area (Å²) >= 11 is 0. The fraction of sp³-hybridized carbons (Fsp3) is 0.364. The SMILES string of the molecule is Cc1ccc(NC(=O)CCNS(=O)(=O)c2ccc3c(c2)CCN3C(=O)C2CC2)cc1. The summed E-state index contributed by atoms with van der Waals surface area (Å²) in [5.74, 6) is 0.0129. The summed E-state index contributed by atoms with van der Waals surface area (Å²) in [6, 6.07) is 12.3. The molecule has 0 unspecified atom stereocenters. The zero-order valence-electron chi connectivity index (χ0n) is 16.8. The van der Waals surface area contributed by atoms with Gasteiger partial charge in [-0.15, -0.1) is 0 Å². The van der Waals surface area contributed by atoms with E-state index < -0.39 is 10.0 Å². The number of aryl methyl sites for hydroxylation is 1. The number of rotatable bonds is 7. The minimum Gasteiger partial charge on any atom is -0.326 e. The maximum Gasteiger partial charge on any atom is 0.240 e. The fourth-order valence-electron chi connectivity index (χ4n) is 3.57. The molecular formula is C22H25N3O4S. The summed E-state index contributed by atoms with van der Waals surface area (Å²) in [7, 11) is -3.73. The molecule has 158 valence electrons. The Morgan fingerprint density at radius 2 is 1.83 bits per heavy atom. The Balaban J connectivity index is 1.34. The van der Waals surface area contributed by atoms with E-state index in [9.17, 15) is 18.0 Å². The van der Waals surface area contributed by atoms with E-state index in [2.05, 4.69) is 10.0 Å². The molecule has 7 nitrogen and oxygen atoms in total. The number of sulfonamides is 1. The molecule has 0 saturated heterocycles. The van der Waals surface area contributed by atoms with E-state index in [4.69, 9.17) is 0 Å². The lowest BCUT2D eigenvalue weighted by molar-refractivity contribution is -0.119. The number of nitrogens with one attached hydrogen (secondary N) is 2. The van der Waals surface area contributed by atoms with Crippen LogP contribution in [0.4, 0.5) is 11.4 Å². The number of benzene rings is 2. The van der Waals surface area contributed by atoms with Crippen molar-refractivity contribution >= 4 is 33.2 Å². The number of amides is 2. The molecule has 0 atom stereocenters. The average Bonchev–Trinajstić information content (AvgIpc) is 3.48. The van der Waals surface area contributed by atoms with Crippen molar-refractivity contribution in [3.05, 3.63) is 53.6 Å². The van der Waals surface area contributed by atoms with Crippen molar-refractivity contribution in [3.8, 4) is 0 Å². The Morgan fingerprint density at radius 1 is 1.10 bits per heavy atom. The minimum absolute atomic E-state index is 0.00338. The largest absolute Gasteiger partial charge is 0.326 e. The number of fused-ring (bicyclic) bond motifs is 1. The van der Waals surface area contributed by atoms with Crippen LogP contribution in [0.15, 0.2) is 47.4 Å². The predicted octanol–water partition coefficient (Wildman–Crippen LogP) is 2.60. The van der Waals surface area contributed by atoms with Crippen LogP contribution in [0.3, 0.4) is 0 Å². The van der Waals surface area contributed by atoms with Crippen LogP contribution in [0.5, 0.6) is 0 Å². The van der Waals surface area contributed by atoms with Gasteiger partial charge in [0.15, 0.2) is 0 Å². The molecule has 1 heterocycles. The van der Waals surface area contributed by atoms with Gasteiger partial charge in [0.2, 0.25) is 21.8 Å². The first kappa shape index (κ1) is 20.6. The summed E-state index contributed by atoms with van der Waals surface area (Å²) in [6.07, 6.45) is 2.56. The molecule has 0 radical (unpaired) electrons. The number of carbonyl (C=O) groups excluding carboxylic acids is 2. The summed E-state index contributed by atoms with van der Waals surface area (Å²) in [4.78, 5) is 26.3. The molecule has 0 aromatic heterocycles. The van der Waals surface area contributed by atoms with Gasteiger partial charge in [-0.05, 0) is 62.1 Å². The third-order valence-electron chi connectivity index (χ3n) is 5.43. The quantitative estimate of drug-likeness (QED) is 0.710. The molecule has 1 saturated carbocycles. The number of carbonyl (C=O) groups is 2. The van der Waals surface area contributed by atoms with Gasteiger partial charge in [0, 0.05) is 36.8 Å². The molecule has 30 heavy (non-hydrogen) atoms. The van der Waals surface area contributed by atoms with Gasteiger partial charge in [-0.3, -0.25) is 9.59 Å². The predicted molar refractivity (Wildman–Crippen MR) is 115 cm³/mol. The van der Waals surface area contributed by atoms with E-state index in [-0.39, 0.29) is 35.6 Å². The van der Waals surface area contributed by atoms with E-state index in [0.717, 1.165) is 29.7 Å². The number of anilines is 2. The Labute approximate surface area is 176 Å². The first-order valence-corrected chi connectivity index (χ1v) is 11.6.